The van der Waals surface area contributed by atoms with Gasteiger partial charge in [-0.15, -0.1) is 0 Å². The predicted octanol–water partition coefficient (Wildman–Crippen LogP) is 3.04. The fourth-order valence-electron chi connectivity index (χ4n) is 3.23. The molecule has 0 bridgehead atoms. The van der Waals surface area contributed by atoms with Gasteiger partial charge in [0.15, 0.2) is 5.58 Å². The first-order chi connectivity index (χ1) is 11.6. The Labute approximate surface area is 145 Å². The molecule has 3 N–H and O–H groups in total. The highest BCUT2D eigenvalue weighted by atomic mass is 35.5. The van der Waals surface area contributed by atoms with E-state index in [2.05, 4.69) is 9.88 Å². The molecule has 2 aromatic rings. The van der Waals surface area contributed by atoms with E-state index in [0.29, 0.717) is 22.5 Å². The number of anilines is 1. The highest BCUT2D eigenvalue weighted by Crippen LogP contribution is 2.48. The summed E-state index contributed by atoms with van der Waals surface area (Å²) in [5.41, 5.74) is 7.91. The predicted molar refractivity (Wildman–Crippen MR) is 84.6 cm³/mol. The number of aromatic nitrogens is 1. The standard InChI is InChI=1S/C13H14ClN3O.C2HF3O2/c14-8-1-2-11-10(3-8)16-12(18-11)17-6-13(7-17)4-9(15)5-13;3-2(4,5)1(6)7/h1-3,9H,4-7,15H2;(H,6,7). The minimum atomic E-state index is -5.08. The van der Waals surface area contributed by atoms with Crippen LogP contribution in [0.25, 0.3) is 11.1 Å². The topological polar surface area (TPSA) is 92.6 Å². The Hall–Kier alpha value is -2.00. The van der Waals surface area contributed by atoms with E-state index in [0.717, 1.165) is 37.0 Å². The van der Waals surface area contributed by atoms with Crippen molar-refractivity contribution in [2.75, 3.05) is 18.0 Å². The summed E-state index contributed by atoms with van der Waals surface area (Å²) >= 11 is 5.94. The van der Waals surface area contributed by atoms with Crippen LogP contribution in [0.4, 0.5) is 19.2 Å². The number of aliphatic carboxylic acids is 1. The van der Waals surface area contributed by atoms with Gasteiger partial charge in [-0.2, -0.15) is 18.2 Å². The number of hydrogen-bond donors (Lipinski definition) is 2. The summed E-state index contributed by atoms with van der Waals surface area (Å²) in [6.45, 7) is 2.03. The minimum Gasteiger partial charge on any atom is -0.475 e. The fourth-order valence-corrected chi connectivity index (χ4v) is 3.40. The molecular formula is C15H15ClF3N3O3. The first-order valence-electron chi connectivity index (χ1n) is 7.45. The maximum atomic E-state index is 10.6. The van der Waals surface area contributed by atoms with Gasteiger partial charge in [-0.3, -0.25) is 0 Å². The second-order valence-corrected chi connectivity index (χ2v) is 6.87. The van der Waals surface area contributed by atoms with Crippen LogP contribution in [-0.2, 0) is 4.79 Å². The van der Waals surface area contributed by atoms with Crippen molar-refractivity contribution in [3.8, 4) is 0 Å². The van der Waals surface area contributed by atoms with Crippen molar-refractivity contribution in [1.82, 2.24) is 4.98 Å². The molecule has 10 heteroatoms. The first-order valence-corrected chi connectivity index (χ1v) is 7.83. The number of oxazole rings is 1. The Kier molecular flexibility index (Phi) is 4.32. The normalized spacial score (nSPS) is 19.2. The van der Waals surface area contributed by atoms with E-state index in [1.807, 2.05) is 18.2 Å². The van der Waals surface area contributed by atoms with E-state index in [1.165, 1.54) is 0 Å². The summed E-state index contributed by atoms with van der Waals surface area (Å²) in [6.07, 6.45) is -2.81. The third kappa shape index (κ3) is 3.67. The van der Waals surface area contributed by atoms with E-state index >= 15 is 0 Å². The summed E-state index contributed by atoms with van der Waals surface area (Å²) in [6, 6.07) is 6.62. The number of nitrogens with two attached hydrogens (primary N) is 1. The number of nitrogens with zero attached hydrogens (tertiary/aromatic N) is 2. The van der Waals surface area contributed by atoms with Crippen molar-refractivity contribution in [2.24, 2.45) is 11.1 Å². The van der Waals surface area contributed by atoms with Crippen LogP contribution in [0.3, 0.4) is 0 Å². The molecule has 136 valence electrons. The molecule has 0 unspecified atom stereocenters. The molecule has 6 nitrogen and oxygen atoms in total. The molecule has 1 aromatic heterocycles. The molecule has 2 fully saturated rings. The minimum absolute atomic E-state index is 0.398. The van der Waals surface area contributed by atoms with Crippen LogP contribution in [0.2, 0.25) is 5.02 Å². The number of rotatable bonds is 1. The third-order valence-electron chi connectivity index (χ3n) is 4.29. The number of fused-ring (bicyclic) bond motifs is 1. The van der Waals surface area contributed by atoms with Crippen molar-refractivity contribution in [2.45, 2.75) is 25.1 Å². The number of benzene rings is 1. The number of carbonyl (C=O) groups is 1. The van der Waals surface area contributed by atoms with Crippen molar-refractivity contribution in [3.63, 3.8) is 0 Å². The average Bonchev–Trinajstić information content (AvgIpc) is 2.83. The molecule has 1 aliphatic heterocycles. The Morgan fingerprint density at radius 2 is 2.00 bits per heavy atom. The van der Waals surface area contributed by atoms with E-state index in [-0.39, 0.29) is 0 Å². The largest absolute Gasteiger partial charge is 0.490 e. The summed E-state index contributed by atoms with van der Waals surface area (Å²) in [5, 5.41) is 7.81. The van der Waals surface area contributed by atoms with Gasteiger partial charge in [-0.1, -0.05) is 11.6 Å². The van der Waals surface area contributed by atoms with Gasteiger partial charge in [0.2, 0.25) is 0 Å². The Balaban J connectivity index is 0.000000225. The smallest absolute Gasteiger partial charge is 0.475 e. The molecule has 1 saturated carbocycles. The quantitative estimate of drug-likeness (QED) is 0.793. The summed E-state index contributed by atoms with van der Waals surface area (Å²) in [7, 11) is 0. The van der Waals surface area contributed by atoms with E-state index in [4.69, 9.17) is 31.7 Å². The Bertz CT molecular complexity index is 794. The molecule has 2 aliphatic rings. The van der Waals surface area contributed by atoms with Gasteiger partial charge in [0.1, 0.15) is 5.52 Å². The Morgan fingerprint density at radius 1 is 1.40 bits per heavy atom. The second kappa shape index (κ2) is 6.06. The number of hydrogen-bond acceptors (Lipinski definition) is 5. The van der Waals surface area contributed by atoms with Crippen LogP contribution in [-0.4, -0.2) is 41.4 Å². The van der Waals surface area contributed by atoms with Crippen LogP contribution in [0.1, 0.15) is 12.8 Å². The molecule has 25 heavy (non-hydrogen) atoms. The van der Waals surface area contributed by atoms with Gasteiger partial charge >= 0.3 is 12.1 Å². The highest BCUT2D eigenvalue weighted by molar-refractivity contribution is 6.31. The maximum absolute atomic E-state index is 10.6. The van der Waals surface area contributed by atoms with E-state index < -0.39 is 12.1 Å². The van der Waals surface area contributed by atoms with E-state index in [9.17, 15) is 13.2 Å². The van der Waals surface area contributed by atoms with Crippen LogP contribution >= 0.6 is 11.6 Å². The van der Waals surface area contributed by atoms with Crippen molar-refractivity contribution in [1.29, 1.82) is 0 Å². The summed E-state index contributed by atoms with van der Waals surface area (Å²) in [4.78, 5) is 15.6. The van der Waals surface area contributed by atoms with E-state index in [1.54, 1.807) is 0 Å². The summed E-state index contributed by atoms with van der Waals surface area (Å²) in [5.74, 6) is -2.76. The molecular weight excluding hydrogens is 363 g/mol. The molecule has 1 saturated heterocycles. The number of carboxylic acids is 1. The zero-order valence-corrected chi connectivity index (χ0v) is 13.6. The molecule has 0 atom stereocenters. The lowest BCUT2D eigenvalue weighted by atomic mass is 9.61. The average molecular weight is 378 g/mol. The number of carboxylic acid groups (broad SMARTS) is 1. The fraction of sp³-hybridized carbons (Fsp3) is 0.467. The zero-order valence-electron chi connectivity index (χ0n) is 12.9. The molecule has 4 rings (SSSR count). The third-order valence-corrected chi connectivity index (χ3v) is 4.53. The molecule has 1 spiro atoms. The first kappa shape index (κ1) is 17.8. The van der Waals surface area contributed by atoms with Crippen LogP contribution in [0.5, 0.6) is 0 Å². The van der Waals surface area contributed by atoms with Gasteiger partial charge in [-0.05, 0) is 31.0 Å². The SMILES string of the molecule is NC1CC2(C1)CN(c1nc3cc(Cl)ccc3o1)C2.O=C(O)C(F)(F)F. The highest BCUT2D eigenvalue weighted by Gasteiger charge is 2.52. The van der Waals surface area contributed by atoms with Gasteiger partial charge < -0.3 is 20.2 Å². The molecule has 0 radical (unpaired) electrons. The second-order valence-electron chi connectivity index (χ2n) is 6.44. The van der Waals surface area contributed by atoms with Crippen molar-refractivity contribution >= 4 is 34.7 Å². The monoisotopic (exact) mass is 377 g/mol. The lowest BCUT2D eigenvalue weighted by Crippen LogP contribution is -2.65. The van der Waals surface area contributed by atoms with Crippen molar-refractivity contribution < 1.29 is 27.5 Å². The van der Waals surface area contributed by atoms with Crippen LogP contribution in [0.15, 0.2) is 22.6 Å². The lowest BCUT2D eigenvalue weighted by Gasteiger charge is -2.57. The van der Waals surface area contributed by atoms with Gasteiger partial charge in [0.25, 0.3) is 6.01 Å². The van der Waals surface area contributed by atoms with Gasteiger partial charge in [-0.25, -0.2) is 4.79 Å². The van der Waals surface area contributed by atoms with Crippen molar-refractivity contribution in [3.05, 3.63) is 23.2 Å². The maximum Gasteiger partial charge on any atom is 0.490 e. The summed E-state index contributed by atoms with van der Waals surface area (Å²) < 4.78 is 37.5. The van der Waals surface area contributed by atoms with Crippen LogP contribution < -0.4 is 10.6 Å². The number of alkyl halides is 3. The molecule has 2 heterocycles. The van der Waals surface area contributed by atoms with Gasteiger partial charge in [0.05, 0.1) is 0 Å². The Morgan fingerprint density at radius 3 is 2.52 bits per heavy atom. The van der Waals surface area contributed by atoms with Gasteiger partial charge in [0, 0.05) is 29.6 Å². The number of halogens is 4. The zero-order chi connectivity index (χ0) is 18.4. The molecule has 1 aliphatic carbocycles. The molecule has 1 aromatic carbocycles. The lowest BCUT2D eigenvalue weighted by molar-refractivity contribution is -0.192. The van der Waals surface area contributed by atoms with Crippen LogP contribution in [0, 0.1) is 5.41 Å². The molecule has 0 amide bonds.